The summed E-state index contributed by atoms with van der Waals surface area (Å²) in [7, 11) is 3.56. The monoisotopic (exact) mass is 1450 g/mol. The number of aliphatic hydroxyl groups excluding tert-OH is 1. The molecule has 14 rings (SSSR count). The quantitative estimate of drug-likeness (QED) is 0.00574. The highest BCUT2D eigenvalue weighted by Gasteiger charge is 2.44. The molecule has 0 unspecified atom stereocenters. The van der Waals surface area contributed by atoms with E-state index in [2.05, 4.69) is 193 Å². The largest absolute Gasteiger partial charge is 0.497 e. The number of para-hydroxylation sites is 2. The van der Waals surface area contributed by atoms with E-state index in [0.717, 1.165) is 154 Å². The Morgan fingerprint density at radius 2 is 1.10 bits per heavy atom. The lowest BCUT2D eigenvalue weighted by molar-refractivity contribution is -0.438. The Hall–Kier alpha value is -10.0. The van der Waals surface area contributed by atoms with Crippen LogP contribution in [-0.4, -0.2) is 99.3 Å². The summed E-state index contributed by atoms with van der Waals surface area (Å²) in [6.45, 7) is 12.4. The number of aliphatic hydroxyl groups is 1. The molecule has 0 radical (unpaired) electrons. The predicted molar refractivity (Wildman–Crippen MR) is 440 cm³/mol. The Morgan fingerprint density at radius 3 is 1.75 bits per heavy atom. The second-order valence-electron chi connectivity index (χ2n) is 29.6. The van der Waals surface area contributed by atoms with Crippen molar-refractivity contribution < 1.29 is 43.8 Å². The summed E-state index contributed by atoms with van der Waals surface area (Å²) in [6.07, 6.45) is 20.0. The fourth-order valence-electron chi connectivity index (χ4n) is 16.6. The third kappa shape index (κ3) is 15.4. The van der Waals surface area contributed by atoms with E-state index in [9.17, 15) is 24.9 Å². The van der Waals surface area contributed by atoms with Crippen LogP contribution in [0.2, 0.25) is 0 Å². The molecule has 1 aliphatic carbocycles. The van der Waals surface area contributed by atoms with E-state index in [1.54, 1.807) is 39.8 Å². The van der Waals surface area contributed by atoms with Crippen LogP contribution in [0.1, 0.15) is 167 Å². The van der Waals surface area contributed by atoms with Crippen LogP contribution < -0.4 is 15.0 Å². The lowest BCUT2D eigenvalue weighted by Crippen LogP contribution is -2.28. The highest BCUT2D eigenvalue weighted by molar-refractivity contribution is 8.76. The van der Waals surface area contributed by atoms with E-state index in [1.165, 1.54) is 50.8 Å². The molecular weight excluding hydrogens is 1350 g/mol. The van der Waals surface area contributed by atoms with Crippen molar-refractivity contribution in [2.24, 2.45) is 4.99 Å². The molecule has 0 bridgehead atoms. The third-order valence-electron chi connectivity index (χ3n) is 21.9. The zero-order chi connectivity index (χ0) is 73.5. The molecule has 4 N–H and O–H groups in total. The van der Waals surface area contributed by atoms with Gasteiger partial charge in [-0.2, -0.15) is 4.58 Å². The van der Waals surface area contributed by atoms with E-state index in [-0.39, 0.29) is 41.1 Å². The highest BCUT2D eigenvalue weighted by Crippen LogP contribution is 2.49. The molecule has 0 spiro atoms. The summed E-state index contributed by atoms with van der Waals surface area (Å²) in [5.41, 5.74) is 12.6. The number of nitrogens with one attached hydrogen (secondary N) is 1. The smallest absolute Gasteiger partial charge is 0.303 e. The lowest BCUT2D eigenvalue weighted by atomic mass is 9.81. The first-order valence-electron chi connectivity index (χ1n) is 37.8. The fourth-order valence-corrected chi connectivity index (χ4v) is 18.3. The van der Waals surface area contributed by atoms with Gasteiger partial charge in [-0.1, -0.05) is 187 Å². The Kier molecular flexibility index (Phi) is 22.3. The van der Waals surface area contributed by atoms with E-state index in [4.69, 9.17) is 4.74 Å². The molecule has 12 nitrogen and oxygen atoms in total. The van der Waals surface area contributed by atoms with Crippen LogP contribution in [0.5, 0.6) is 5.75 Å². The van der Waals surface area contributed by atoms with Crippen LogP contribution in [0, 0.1) is 0 Å². The summed E-state index contributed by atoms with van der Waals surface area (Å²) in [6, 6.07) is 59.8. The number of aliphatic carboxylic acids is 2. The SMILES string of the molecule is CC1(C)C(C=CC2=C(NCCSSCCN=C(O)CCCCCOc3cc(C(=O)c4ccc5ccc6cccc7ccc4c5c67)cc(C(=O)c4ccc5ccc6cccc7ccc4c5c67)c3)/C(=C/C=C3\N(CCCCCC(=O)O)c4ccccc4C3(C)C)CCC2)=[N+](CCCCCC(=O)O)c2ccccc21. The first-order valence-corrected chi connectivity index (χ1v) is 40.3. The molecule has 2 aliphatic heterocycles. The van der Waals surface area contributed by atoms with Crippen LogP contribution in [0.15, 0.2) is 228 Å². The van der Waals surface area contributed by atoms with Crippen molar-refractivity contribution in [3.8, 4) is 5.75 Å². The zero-order valence-corrected chi connectivity index (χ0v) is 62.8. The van der Waals surface area contributed by atoms with Crippen LogP contribution in [0.25, 0.3) is 64.6 Å². The number of nitrogens with zero attached hydrogens (tertiary/aromatic N) is 3. The molecule has 2 heterocycles. The summed E-state index contributed by atoms with van der Waals surface area (Å²) < 4.78 is 8.94. The van der Waals surface area contributed by atoms with Crippen molar-refractivity contribution in [1.82, 2.24) is 5.32 Å². The maximum Gasteiger partial charge on any atom is 0.303 e. The number of ketones is 2. The maximum absolute atomic E-state index is 15.0. The molecule has 0 saturated carbocycles. The summed E-state index contributed by atoms with van der Waals surface area (Å²) in [5.74, 6) is 0.318. The summed E-state index contributed by atoms with van der Waals surface area (Å²) >= 11 is 0. The molecule has 11 aromatic rings. The van der Waals surface area contributed by atoms with E-state index in [0.29, 0.717) is 66.8 Å². The number of anilines is 1. The second-order valence-corrected chi connectivity index (χ2v) is 32.3. The summed E-state index contributed by atoms with van der Waals surface area (Å²) in [4.78, 5) is 59.9. The number of unbranched alkanes of at least 4 members (excludes halogenated alkanes) is 6. The fraction of sp³-hybridized carbons (Fsp3) is 0.304. The van der Waals surface area contributed by atoms with Gasteiger partial charge >= 0.3 is 11.9 Å². The van der Waals surface area contributed by atoms with Gasteiger partial charge < -0.3 is 30.3 Å². The van der Waals surface area contributed by atoms with E-state index < -0.39 is 11.9 Å². The molecule has 0 atom stereocenters. The predicted octanol–water partition coefficient (Wildman–Crippen LogP) is 21.8. The normalized spacial score (nSPS) is 15.8. The van der Waals surface area contributed by atoms with Crippen LogP contribution in [0.4, 0.5) is 11.4 Å². The Bertz CT molecular complexity index is 5160. The second kappa shape index (κ2) is 32.4. The molecule has 0 aromatic heterocycles. The molecule has 106 heavy (non-hydrogen) atoms. The maximum atomic E-state index is 15.0. The number of rotatable bonds is 34. The number of ether oxygens (including phenoxy) is 1. The van der Waals surface area contributed by atoms with Gasteiger partial charge in [-0.05, 0) is 202 Å². The molecule has 14 heteroatoms. The number of allylic oxidation sites excluding steroid dienone is 7. The van der Waals surface area contributed by atoms with Gasteiger partial charge in [0.1, 0.15) is 12.3 Å². The van der Waals surface area contributed by atoms with Gasteiger partial charge in [-0.3, -0.25) is 24.2 Å². The number of benzene rings is 11. The van der Waals surface area contributed by atoms with Crippen LogP contribution in [-0.2, 0) is 20.4 Å². The van der Waals surface area contributed by atoms with Crippen molar-refractivity contribution in [3.63, 3.8) is 0 Å². The Morgan fingerprint density at radius 1 is 0.547 bits per heavy atom. The number of fused-ring (bicyclic) bond motifs is 2. The van der Waals surface area contributed by atoms with Gasteiger partial charge in [0.05, 0.1) is 18.6 Å². The molecule has 0 saturated heterocycles. The van der Waals surface area contributed by atoms with Gasteiger partial charge in [0, 0.05) is 113 Å². The van der Waals surface area contributed by atoms with Gasteiger partial charge in [-0.15, -0.1) is 0 Å². The Balaban J connectivity index is 0.620. The number of carbonyl (C=O) groups is 4. The minimum absolute atomic E-state index is 0.144. The average molecular weight is 1450 g/mol. The average Bonchev–Trinajstić information content (AvgIpc) is 1.23. The van der Waals surface area contributed by atoms with Crippen molar-refractivity contribution in [1.29, 1.82) is 0 Å². The Labute approximate surface area is 628 Å². The topological polar surface area (TPSA) is 169 Å². The lowest BCUT2D eigenvalue weighted by Gasteiger charge is -2.28. The van der Waals surface area contributed by atoms with Gasteiger partial charge in [0.25, 0.3) is 0 Å². The van der Waals surface area contributed by atoms with Crippen molar-refractivity contribution in [2.75, 3.05) is 49.2 Å². The molecule has 0 fully saturated rings. The van der Waals surface area contributed by atoms with Crippen LogP contribution >= 0.6 is 21.6 Å². The number of hydrogen-bond acceptors (Lipinski definition) is 10. The molecular formula is C92H93N4O8S2+. The first-order chi connectivity index (χ1) is 51.5. The molecule has 11 aromatic carbocycles. The summed E-state index contributed by atoms with van der Waals surface area (Å²) in [5, 5.41) is 46.3. The van der Waals surface area contributed by atoms with Crippen molar-refractivity contribution >= 4 is 133 Å². The first kappa shape index (κ1) is 72.9. The van der Waals surface area contributed by atoms with Crippen LogP contribution in [0.3, 0.4) is 0 Å². The number of carbonyl (C=O) groups excluding carboxylic acids is 2. The van der Waals surface area contributed by atoms with E-state index in [1.807, 2.05) is 36.4 Å². The number of carboxylic acid groups (broad SMARTS) is 2. The van der Waals surface area contributed by atoms with Gasteiger partial charge in [-0.25, -0.2) is 0 Å². The van der Waals surface area contributed by atoms with Gasteiger partial charge in [0.2, 0.25) is 5.69 Å². The minimum Gasteiger partial charge on any atom is -0.497 e. The number of carboxylic acids is 2. The van der Waals surface area contributed by atoms with Crippen molar-refractivity contribution in [3.05, 3.63) is 256 Å². The van der Waals surface area contributed by atoms with Crippen molar-refractivity contribution in [2.45, 2.75) is 135 Å². The molecule has 3 aliphatic rings. The van der Waals surface area contributed by atoms with E-state index >= 15 is 9.59 Å². The third-order valence-corrected chi connectivity index (χ3v) is 24.3. The molecule has 0 amide bonds. The number of hydrogen-bond donors (Lipinski definition) is 4. The molecule has 540 valence electrons. The minimum atomic E-state index is -0.751. The zero-order valence-electron chi connectivity index (χ0n) is 61.1. The number of aliphatic imine (C=N–C) groups is 1. The van der Waals surface area contributed by atoms with Gasteiger partial charge in [0.15, 0.2) is 23.2 Å². The highest BCUT2D eigenvalue weighted by atomic mass is 33.1. The standard InChI is InChI=1S/C92H92N4O8S2/c1-91(2)75-27-11-13-29-77(75)95(52-15-5-9-32-82(98)99)79(91)48-42-66-25-20-26-67(43-49-80-92(3,4)76-28-12-14-30-78(76)96(80)53-16-6-10-33-83(100)101)88(66)94-51-56-106-105-55-50-93-81(97)31-8-7-17-54-104-70-58-68(89(102)73-46-40-64-36-34-60-21-18-23-62-38-44-71(73)86(64)84(60)62)57-69(59-70)90(103)74-47-41-65-37-35-61-22-19-24-63-39-45-72(74)87(65)85(61)63/h11-14,18-19,21-24,27-30,34-49,57-59H,5-10,15-17,20,25-26,31-33,50-56H2,1-4H3,(H3,93,97,98,99,100,101)/p+1/b66-42+,79-48-.